The summed E-state index contributed by atoms with van der Waals surface area (Å²) in [6.45, 7) is 13.7. The van der Waals surface area contributed by atoms with Gasteiger partial charge in [-0.15, -0.1) is 0 Å². The second-order valence-corrected chi connectivity index (χ2v) is 6.61. The number of ether oxygens (including phenoxy) is 1. The highest BCUT2D eigenvalue weighted by Gasteiger charge is 2.23. The second-order valence-electron chi connectivity index (χ2n) is 6.61. The van der Waals surface area contributed by atoms with Gasteiger partial charge in [0.25, 0.3) is 0 Å². The maximum atomic E-state index is 5.76. The maximum Gasteiger partial charge on any atom is 0.193 e. The van der Waals surface area contributed by atoms with E-state index in [4.69, 9.17) is 9.73 Å². The fourth-order valence-electron chi connectivity index (χ4n) is 3.77. The number of hydrogen-bond acceptors (Lipinski definition) is 3. The van der Waals surface area contributed by atoms with Crippen LogP contribution in [-0.2, 0) is 4.74 Å². The maximum absolute atomic E-state index is 5.76. The molecule has 0 aromatic rings. The van der Waals surface area contributed by atoms with Crippen LogP contribution in [0.4, 0.5) is 0 Å². The lowest BCUT2D eigenvalue weighted by Gasteiger charge is -2.36. The zero-order chi connectivity index (χ0) is 16.5. The molecule has 1 N–H and O–H groups in total. The van der Waals surface area contributed by atoms with Crippen molar-refractivity contribution in [3.05, 3.63) is 0 Å². The molecule has 2 rings (SSSR count). The number of guanidine groups is 1. The van der Waals surface area contributed by atoms with Gasteiger partial charge in [0.1, 0.15) is 0 Å². The summed E-state index contributed by atoms with van der Waals surface area (Å²) in [7, 11) is 0. The fourth-order valence-corrected chi connectivity index (χ4v) is 3.77. The molecule has 2 aliphatic rings. The highest BCUT2D eigenvalue weighted by molar-refractivity contribution is 5.80. The van der Waals surface area contributed by atoms with E-state index in [0.717, 1.165) is 58.1 Å². The SMILES string of the molecule is CCNC(=NCC1CCCCN1CC)N1CCC(OCC)CC1. The molecule has 0 amide bonds. The Hall–Kier alpha value is -0.810. The Morgan fingerprint density at radius 2 is 1.87 bits per heavy atom. The van der Waals surface area contributed by atoms with Crippen LogP contribution in [-0.4, -0.2) is 73.8 Å². The van der Waals surface area contributed by atoms with E-state index >= 15 is 0 Å². The molecule has 0 aliphatic carbocycles. The van der Waals surface area contributed by atoms with Gasteiger partial charge in [-0.25, -0.2) is 0 Å². The number of rotatable bonds is 6. The van der Waals surface area contributed by atoms with E-state index in [0.29, 0.717) is 12.1 Å². The van der Waals surface area contributed by atoms with Gasteiger partial charge in [-0.3, -0.25) is 9.89 Å². The molecule has 5 heteroatoms. The van der Waals surface area contributed by atoms with Gasteiger partial charge in [0, 0.05) is 32.3 Å². The predicted octanol–water partition coefficient (Wildman–Crippen LogP) is 2.33. The normalized spacial score (nSPS) is 24.9. The first-order valence-electron chi connectivity index (χ1n) is 9.67. The van der Waals surface area contributed by atoms with Gasteiger partial charge in [0.05, 0.1) is 12.6 Å². The van der Waals surface area contributed by atoms with E-state index in [2.05, 4.69) is 35.9 Å². The van der Waals surface area contributed by atoms with Crippen LogP contribution in [0.25, 0.3) is 0 Å². The first-order valence-corrected chi connectivity index (χ1v) is 9.67. The standard InChI is InChI=1S/C18H36N4O/c1-4-19-18(22-13-10-17(11-14-22)23-6-3)20-15-16-9-7-8-12-21(16)5-2/h16-17H,4-15H2,1-3H3,(H,19,20). The van der Waals surface area contributed by atoms with Gasteiger partial charge in [-0.1, -0.05) is 13.3 Å². The Bertz CT molecular complexity index is 353. The first kappa shape index (κ1) is 18.5. The highest BCUT2D eigenvalue weighted by Crippen LogP contribution is 2.18. The molecule has 1 unspecified atom stereocenters. The van der Waals surface area contributed by atoms with Crippen molar-refractivity contribution in [2.45, 2.75) is 65.0 Å². The Morgan fingerprint density at radius 3 is 2.52 bits per heavy atom. The largest absolute Gasteiger partial charge is 0.378 e. The molecule has 2 heterocycles. The van der Waals surface area contributed by atoms with Crippen molar-refractivity contribution in [3.63, 3.8) is 0 Å². The van der Waals surface area contributed by atoms with Crippen molar-refractivity contribution in [1.29, 1.82) is 0 Å². The topological polar surface area (TPSA) is 40.1 Å². The lowest BCUT2D eigenvalue weighted by molar-refractivity contribution is 0.0263. The minimum Gasteiger partial charge on any atom is -0.378 e. The minimum absolute atomic E-state index is 0.438. The highest BCUT2D eigenvalue weighted by atomic mass is 16.5. The summed E-state index contributed by atoms with van der Waals surface area (Å²) in [5.41, 5.74) is 0. The third-order valence-electron chi connectivity index (χ3n) is 5.09. The fraction of sp³-hybridized carbons (Fsp3) is 0.944. The molecule has 0 aromatic heterocycles. The predicted molar refractivity (Wildman–Crippen MR) is 97.1 cm³/mol. The molecule has 0 saturated carbocycles. The van der Waals surface area contributed by atoms with Crippen LogP contribution in [0.3, 0.4) is 0 Å². The van der Waals surface area contributed by atoms with Crippen LogP contribution in [0.1, 0.15) is 52.9 Å². The van der Waals surface area contributed by atoms with Crippen LogP contribution in [0.2, 0.25) is 0 Å². The molecule has 2 saturated heterocycles. The first-order chi connectivity index (χ1) is 11.3. The average Bonchev–Trinajstić information content (AvgIpc) is 2.60. The number of hydrogen-bond donors (Lipinski definition) is 1. The van der Waals surface area contributed by atoms with Crippen molar-refractivity contribution >= 4 is 5.96 Å². The molecule has 0 spiro atoms. The zero-order valence-corrected chi connectivity index (χ0v) is 15.4. The summed E-state index contributed by atoms with van der Waals surface area (Å²) in [6.07, 6.45) is 6.66. The van der Waals surface area contributed by atoms with Crippen molar-refractivity contribution in [2.24, 2.45) is 4.99 Å². The summed E-state index contributed by atoms with van der Waals surface area (Å²) in [4.78, 5) is 9.99. The Labute approximate surface area is 142 Å². The number of nitrogens with zero attached hydrogens (tertiary/aromatic N) is 3. The Balaban J connectivity index is 1.89. The lowest BCUT2D eigenvalue weighted by Crippen LogP contribution is -2.48. The molecule has 0 aromatic carbocycles. The molecule has 0 bridgehead atoms. The van der Waals surface area contributed by atoms with E-state index in [9.17, 15) is 0 Å². The van der Waals surface area contributed by atoms with Crippen LogP contribution in [0.5, 0.6) is 0 Å². The molecule has 134 valence electrons. The molecule has 2 fully saturated rings. The number of aliphatic imine (C=N–C) groups is 1. The van der Waals surface area contributed by atoms with Gasteiger partial charge >= 0.3 is 0 Å². The summed E-state index contributed by atoms with van der Waals surface area (Å²) in [6, 6.07) is 0.628. The molecule has 23 heavy (non-hydrogen) atoms. The monoisotopic (exact) mass is 324 g/mol. The van der Waals surface area contributed by atoms with E-state index in [-0.39, 0.29) is 0 Å². The zero-order valence-electron chi connectivity index (χ0n) is 15.4. The second kappa shape index (κ2) is 10.1. The van der Waals surface area contributed by atoms with Crippen LogP contribution in [0.15, 0.2) is 4.99 Å². The third kappa shape index (κ3) is 5.64. The molecule has 1 atom stereocenters. The van der Waals surface area contributed by atoms with Crippen molar-refractivity contribution in [1.82, 2.24) is 15.1 Å². The smallest absolute Gasteiger partial charge is 0.193 e. The van der Waals surface area contributed by atoms with Crippen molar-refractivity contribution in [3.8, 4) is 0 Å². The van der Waals surface area contributed by atoms with Gasteiger partial charge < -0.3 is 15.0 Å². The van der Waals surface area contributed by atoms with Crippen molar-refractivity contribution < 1.29 is 4.74 Å². The third-order valence-corrected chi connectivity index (χ3v) is 5.09. The Kier molecular flexibility index (Phi) is 8.17. The molecule has 5 nitrogen and oxygen atoms in total. The average molecular weight is 325 g/mol. The molecular weight excluding hydrogens is 288 g/mol. The summed E-state index contributed by atoms with van der Waals surface area (Å²) < 4.78 is 5.76. The molecular formula is C18H36N4O. The summed E-state index contributed by atoms with van der Waals surface area (Å²) >= 11 is 0. The number of nitrogens with one attached hydrogen (secondary N) is 1. The van der Waals surface area contributed by atoms with Gasteiger partial charge in [-0.05, 0) is 52.6 Å². The van der Waals surface area contributed by atoms with Gasteiger partial charge in [0.15, 0.2) is 5.96 Å². The van der Waals surface area contributed by atoms with E-state index in [1.165, 1.54) is 25.8 Å². The van der Waals surface area contributed by atoms with Crippen LogP contribution in [0, 0.1) is 0 Å². The molecule has 2 aliphatic heterocycles. The van der Waals surface area contributed by atoms with Gasteiger partial charge in [-0.2, -0.15) is 0 Å². The van der Waals surface area contributed by atoms with E-state index < -0.39 is 0 Å². The summed E-state index contributed by atoms with van der Waals surface area (Å²) in [5.74, 6) is 1.10. The quantitative estimate of drug-likeness (QED) is 0.601. The van der Waals surface area contributed by atoms with Crippen molar-refractivity contribution in [2.75, 3.05) is 45.9 Å². The Morgan fingerprint density at radius 1 is 1.09 bits per heavy atom. The number of piperidine rings is 2. The van der Waals surface area contributed by atoms with Gasteiger partial charge in [0.2, 0.25) is 0 Å². The summed E-state index contributed by atoms with van der Waals surface area (Å²) in [5, 5.41) is 3.49. The molecule has 0 radical (unpaired) electrons. The van der Waals surface area contributed by atoms with Crippen LogP contribution < -0.4 is 5.32 Å². The van der Waals surface area contributed by atoms with E-state index in [1.807, 2.05) is 0 Å². The minimum atomic E-state index is 0.438. The van der Waals surface area contributed by atoms with E-state index in [1.54, 1.807) is 0 Å². The number of likely N-dealkylation sites (tertiary alicyclic amines) is 2. The van der Waals surface area contributed by atoms with Crippen LogP contribution >= 0.6 is 0 Å². The lowest BCUT2D eigenvalue weighted by atomic mass is 10.0. The number of likely N-dealkylation sites (N-methyl/N-ethyl adjacent to an activating group) is 1.